The van der Waals surface area contributed by atoms with Crippen molar-refractivity contribution in [2.45, 2.75) is 73.5 Å². The second-order valence-corrected chi connectivity index (χ2v) is 11.5. The molecule has 0 spiro atoms. The molecule has 10 nitrogen and oxygen atoms in total. The van der Waals surface area contributed by atoms with Crippen molar-refractivity contribution >= 4 is 23.4 Å². The van der Waals surface area contributed by atoms with E-state index in [0.717, 1.165) is 17.7 Å². The Balaban J connectivity index is 0.00000576. The van der Waals surface area contributed by atoms with Crippen molar-refractivity contribution in [1.29, 1.82) is 0 Å². The van der Waals surface area contributed by atoms with Crippen LogP contribution in [0.25, 0.3) is 5.52 Å². The van der Waals surface area contributed by atoms with Crippen LogP contribution in [0.4, 0.5) is 13.6 Å². The number of amides is 1. The van der Waals surface area contributed by atoms with Crippen LogP contribution in [0.3, 0.4) is 0 Å². The average Bonchev–Trinajstić information content (AvgIpc) is 3.29. The highest BCUT2D eigenvalue weighted by atomic mass is 19.1. The second-order valence-electron chi connectivity index (χ2n) is 11.5. The topological polar surface area (TPSA) is 121 Å². The summed E-state index contributed by atoms with van der Waals surface area (Å²) < 4.78 is 46.1. The van der Waals surface area contributed by atoms with Crippen LogP contribution in [-0.2, 0) is 16.1 Å². The molecule has 4 aromatic rings. The monoisotopic (exact) mass is 638 g/mol. The third-order valence-electron chi connectivity index (χ3n) is 6.72. The first-order chi connectivity index (χ1) is 21.3. The van der Waals surface area contributed by atoms with E-state index < -0.39 is 35.2 Å². The van der Waals surface area contributed by atoms with Gasteiger partial charge in [0.1, 0.15) is 29.5 Å². The quantitative estimate of drug-likeness (QED) is 0.139. The number of aromatic nitrogens is 3. The van der Waals surface area contributed by atoms with Crippen LogP contribution in [0.5, 0.6) is 5.88 Å². The number of hydrogen-bond donors (Lipinski definition) is 1. The molecule has 3 heterocycles. The lowest BCUT2D eigenvalue weighted by molar-refractivity contribution is 0.0507. The van der Waals surface area contributed by atoms with Crippen molar-refractivity contribution in [3.8, 4) is 5.88 Å². The maximum absolute atomic E-state index is 14.2. The van der Waals surface area contributed by atoms with Crippen molar-refractivity contribution in [2.24, 2.45) is 0 Å². The number of hydrogen-bond acceptors (Lipinski definition) is 8. The minimum atomic E-state index is -0.738. The number of esters is 1. The van der Waals surface area contributed by atoms with Crippen LogP contribution in [0, 0.1) is 25.5 Å². The summed E-state index contributed by atoms with van der Waals surface area (Å²) in [5.41, 5.74) is 1.38. The second kappa shape index (κ2) is 14.9. The van der Waals surface area contributed by atoms with E-state index in [1.165, 1.54) is 16.6 Å². The molecule has 1 N–H and O–H groups in total. The number of rotatable bonds is 11. The van der Waals surface area contributed by atoms with Gasteiger partial charge in [0.05, 0.1) is 28.9 Å². The van der Waals surface area contributed by atoms with Gasteiger partial charge in [0.2, 0.25) is 5.88 Å². The molecule has 1 amide bonds. The van der Waals surface area contributed by atoms with Crippen LogP contribution in [0.15, 0.2) is 48.5 Å². The largest absolute Gasteiger partial charge is 0.473 e. The van der Waals surface area contributed by atoms with Crippen LogP contribution in [0.2, 0.25) is 0 Å². The summed E-state index contributed by atoms with van der Waals surface area (Å²) in [4.78, 5) is 43.3. The van der Waals surface area contributed by atoms with Gasteiger partial charge in [-0.2, -0.15) is 5.10 Å². The fraction of sp³-hybridized carbons (Fsp3) is 0.382. The number of ether oxygens (including phenoxy) is 3. The molecular weight excluding hydrogens is 598 g/mol. The smallest absolute Gasteiger partial charge is 0.407 e. The summed E-state index contributed by atoms with van der Waals surface area (Å²) in [5, 5.41) is 7.20. The molecule has 0 aliphatic rings. The summed E-state index contributed by atoms with van der Waals surface area (Å²) in [6.45, 7) is 10.1. The molecule has 1 aromatic carbocycles. The Morgan fingerprint density at radius 3 is 2.35 bits per heavy atom. The molecule has 0 saturated heterocycles. The van der Waals surface area contributed by atoms with Gasteiger partial charge in [-0.3, -0.25) is 4.79 Å². The van der Waals surface area contributed by atoms with E-state index in [2.05, 4.69) is 15.4 Å². The van der Waals surface area contributed by atoms with E-state index in [4.69, 9.17) is 14.2 Å². The number of aryl methyl sites for hydroxylation is 2. The zero-order chi connectivity index (χ0) is 32.9. The number of carbonyl (C=O) groups excluding carboxylic acids is 3. The number of benzene rings is 1. The van der Waals surface area contributed by atoms with Crippen molar-refractivity contribution in [2.75, 3.05) is 13.2 Å². The number of halogens is 2. The molecule has 1 unspecified atom stereocenters. The lowest BCUT2D eigenvalue weighted by atomic mass is 9.94. The fourth-order valence-corrected chi connectivity index (χ4v) is 4.75. The maximum atomic E-state index is 14.2. The predicted octanol–water partition coefficient (Wildman–Crippen LogP) is 6.90. The molecule has 46 heavy (non-hydrogen) atoms. The summed E-state index contributed by atoms with van der Waals surface area (Å²) in [5.74, 6) is -2.85. The normalized spacial score (nSPS) is 11.8. The van der Waals surface area contributed by atoms with Gasteiger partial charge in [-0.1, -0.05) is 19.6 Å². The van der Waals surface area contributed by atoms with Crippen molar-refractivity contribution in [3.05, 3.63) is 93.9 Å². The van der Waals surface area contributed by atoms with Gasteiger partial charge in [-0.25, -0.2) is 27.9 Å². The molecule has 1 atom stereocenters. The molecule has 4 rings (SSSR count). The minimum absolute atomic E-state index is 0. The number of pyridine rings is 2. The summed E-state index contributed by atoms with van der Waals surface area (Å²) in [6.07, 6.45) is -0.778. The average molecular weight is 639 g/mol. The summed E-state index contributed by atoms with van der Waals surface area (Å²) >= 11 is 0. The molecule has 0 aliphatic heterocycles. The van der Waals surface area contributed by atoms with E-state index >= 15 is 0 Å². The van der Waals surface area contributed by atoms with Crippen molar-refractivity contribution < 1.29 is 37.4 Å². The standard InChI is InChI=1S/C33H36F2N4O6.CH4/c1-7-43-31(41)26-13-9-12-25(37-26)21(17-36-32(42)45-33(4,5)6)16-28(40)30-20(3)38-39-27(30)14-19(2)15-29(39)44-18-22-23(34)10-8-11-24(22)35;/h8-15,21H,7,16-18H2,1-6H3,(H,36,42);1H4. The first-order valence-corrected chi connectivity index (χ1v) is 14.5. The molecule has 0 bridgehead atoms. The van der Waals surface area contributed by atoms with E-state index in [-0.39, 0.29) is 56.5 Å². The molecule has 3 aromatic heterocycles. The molecule has 0 radical (unpaired) electrons. The highest BCUT2D eigenvalue weighted by Crippen LogP contribution is 2.28. The Morgan fingerprint density at radius 1 is 1.02 bits per heavy atom. The van der Waals surface area contributed by atoms with Crippen molar-refractivity contribution in [3.63, 3.8) is 0 Å². The van der Waals surface area contributed by atoms with E-state index in [9.17, 15) is 23.2 Å². The van der Waals surface area contributed by atoms with Gasteiger partial charge >= 0.3 is 12.1 Å². The lowest BCUT2D eigenvalue weighted by Gasteiger charge is -2.22. The number of ketones is 1. The zero-order valence-electron chi connectivity index (χ0n) is 26.1. The van der Waals surface area contributed by atoms with E-state index in [1.807, 2.05) is 0 Å². The van der Waals surface area contributed by atoms with Crippen LogP contribution < -0.4 is 10.1 Å². The van der Waals surface area contributed by atoms with E-state index in [0.29, 0.717) is 22.5 Å². The van der Waals surface area contributed by atoms with Crippen molar-refractivity contribution in [1.82, 2.24) is 19.9 Å². The first-order valence-electron chi connectivity index (χ1n) is 14.5. The zero-order valence-corrected chi connectivity index (χ0v) is 26.1. The van der Waals surface area contributed by atoms with Gasteiger partial charge < -0.3 is 19.5 Å². The molecule has 246 valence electrons. The number of fused-ring (bicyclic) bond motifs is 1. The van der Waals surface area contributed by atoms with Gasteiger partial charge in [0.15, 0.2) is 5.78 Å². The molecule has 12 heteroatoms. The SMILES string of the molecule is C.CCOC(=O)c1cccc(C(CNC(=O)OC(C)(C)C)CC(=O)c2c(C)nn3c(OCc4c(F)cccc4F)cc(C)cc23)n1. The van der Waals surface area contributed by atoms with Crippen LogP contribution >= 0.6 is 0 Å². The number of carbonyl (C=O) groups is 3. The predicted molar refractivity (Wildman–Crippen MR) is 168 cm³/mol. The van der Waals surface area contributed by atoms with Gasteiger partial charge in [-0.15, -0.1) is 0 Å². The fourth-order valence-electron chi connectivity index (χ4n) is 4.75. The highest BCUT2D eigenvalue weighted by molar-refractivity contribution is 6.04. The Kier molecular flexibility index (Phi) is 11.6. The van der Waals surface area contributed by atoms with Crippen LogP contribution in [-0.4, -0.2) is 51.2 Å². The first kappa shape index (κ1) is 35.6. The summed E-state index contributed by atoms with van der Waals surface area (Å²) in [7, 11) is 0. The molecule has 0 saturated carbocycles. The van der Waals surface area contributed by atoms with Gasteiger partial charge in [-0.05, 0) is 77.4 Å². The number of Topliss-reactive ketones (excluding diaryl/α,β-unsaturated/α-hetero) is 1. The number of nitrogens with zero attached hydrogens (tertiary/aromatic N) is 3. The third kappa shape index (κ3) is 8.64. The molecule has 0 aliphatic carbocycles. The van der Waals surface area contributed by atoms with E-state index in [1.54, 1.807) is 65.8 Å². The Labute approximate surface area is 267 Å². The number of nitrogens with one attached hydrogen (secondary N) is 1. The number of alkyl carbamates (subject to hydrolysis) is 1. The lowest BCUT2D eigenvalue weighted by Crippen LogP contribution is -2.35. The molecule has 0 fully saturated rings. The third-order valence-corrected chi connectivity index (χ3v) is 6.72. The maximum Gasteiger partial charge on any atom is 0.407 e. The highest BCUT2D eigenvalue weighted by Gasteiger charge is 2.26. The Morgan fingerprint density at radius 2 is 1.70 bits per heavy atom. The summed E-state index contributed by atoms with van der Waals surface area (Å²) in [6, 6.07) is 11.8. The van der Waals surface area contributed by atoms with Gasteiger partial charge in [0, 0.05) is 30.6 Å². The Bertz CT molecular complexity index is 1710. The Hall–Kier alpha value is -4.87. The minimum Gasteiger partial charge on any atom is -0.473 e. The molecular formula is C34H40F2N4O6. The van der Waals surface area contributed by atoms with Crippen LogP contribution in [0.1, 0.15) is 90.8 Å². The van der Waals surface area contributed by atoms with Gasteiger partial charge in [0.25, 0.3) is 0 Å².